The molecule has 118 valence electrons. The Labute approximate surface area is 141 Å². The minimum absolute atomic E-state index is 0.124. The topological polar surface area (TPSA) is 64.9 Å². The van der Waals surface area contributed by atoms with Gasteiger partial charge in [0.1, 0.15) is 6.04 Å². The summed E-state index contributed by atoms with van der Waals surface area (Å²) >= 11 is 4.26. The molecule has 2 atom stereocenters. The van der Waals surface area contributed by atoms with Crippen LogP contribution in [0.25, 0.3) is 0 Å². The first kappa shape index (κ1) is 16.9. The van der Waals surface area contributed by atoms with Gasteiger partial charge in [-0.25, -0.2) is 0 Å². The van der Waals surface area contributed by atoms with Crippen LogP contribution in [-0.2, 0) is 4.79 Å². The van der Waals surface area contributed by atoms with Gasteiger partial charge in [-0.3, -0.25) is 4.79 Å². The van der Waals surface area contributed by atoms with Crippen LogP contribution in [0.5, 0.6) is 0 Å². The summed E-state index contributed by atoms with van der Waals surface area (Å²) in [5, 5.41) is 15.3. The molecule has 0 heterocycles. The summed E-state index contributed by atoms with van der Waals surface area (Å²) in [7, 11) is 0. The fourth-order valence-corrected chi connectivity index (χ4v) is 2.51. The predicted molar refractivity (Wildman–Crippen MR) is 96.5 cm³/mol. The van der Waals surface area contributed by atoms with Gasteiger partial charge in [-0.15, -0.1) is 0 Å². The van der Waals surface area contributed by atoms with Gasteiger partial charge in [0.05, 0.1) is 12.0 Å². The molecule has 2 aromatic rings. The van der Waals surface area contributed by atoms with Crippen molar-refractivity contribution in [2.45, 2.75) is 12.5 Å². The van der Waals surface area contributed by atoms with Crippen LogP contribution in [-0.4, -0.2) is 17.7 Å². The second-order valence-electron chi connectivity index (χ2n) is 5.16. The molecule has 0 radical (unpaired) electrons. The lowest BCUT2D eigenvalue weighted by atomic mass is 10.0. The van der Waals surface area contributed by atoms with Crippen molar-refractivity contribution in [3.05, 3.63) is 60.7 Å². The largest absolute Gasteiger partial charge is 0.370 e. The highest BCUT2D eigenvalue weighted by atomic mass is 32.1. The standard InChI is InChI=1S/C18H19N3OS/c19-12-17(20-15-7-3-1-4-8-15)11-14(13-23)18(22)21-16-9-5-2-6-10-16/h1-10,14,17,20,23H,11,13H2,(H,21,22). The van der Waals surface area contributed by atoms with Crippen molar-refractivity contribution in [3.63, 3.8) is 0 Å². The molecule has 0 saturated heterocycles. The molecule has 0 fully saturated rings. The summed E-state index contributed by atoms with van der Waals surface area (Å²) in [6.45, 7) is 0. The Balaban J connectivity index is 1.96. The highest BCUT2D eigenvalue weighted by Crippen LogP contribution is 2.16. The second-order valence-corrected chi connectivity index (χ2v) is 5.53. The fourth-order valence-electron chi connectivity index (χ4n) is 2.19. The molecule has 0 aliphatic carbocycles. The van der Waals surface area contributed by atoms with E-state index in [0.717, 1.165) is 11.4 Å². The number of anilines is 2. The highest BCUT2D eigenvalue weighted by molar-refractivity contribution is 7.80. The Morgan fingerprint density at radius 2 is 1.61 bits per heavy atom. The number of hydrogen-bond donors (Lipinski definition) is 3. The van der Waals surface area contributed by atoms with E-state index >= 15 is 0 Å². The zero-order valence-electron chi connectivity index (χ0n) is 12.6. The Hall–Kier alpha value is -2.45. The summed E-state index contributed by atoms with van der Waals surface area (Å²) in [5.74, 6) is -0.0893. The molecular formula is C18H19N3OS. The predicted octanol–water partition coefficient (Wildman–Crippen LogP) is 3.57. The van der Waals surface area contributed by atoms with E-state index in [1.807, 2.05) is 60.7 Å². The maximum atomic E-state index is 12.4. The van der Waals surface area contributed by atoms with E-state index in [-0.39, 0.29) is 11.8 Å². The number of carbonyl (C=O) groups is 1. The lowest BCUT2D eigenvalue weighted by Gasteiger charge is -2.19. The number of carbonyl (C=O) groups excluding carboxylic acids is 1. The van der Waals surface area contributed by atoms with Crippen LogP contribution in [0.3, 0.4) is 0 Å². The molecule has 2 unspecified atom stereocenters. The van der Waals surface area contributed by atoms with E-state index < -0.39 is 6.04 Å². The van der Waals surface area contributed by atoms with Crippen molar-refractivity contribution in [3.8, 4) is 6.07 Å². The van der Waals surface area contributed by atoms with Gasteiger partial charge >= 0.3 is 0 Å². The third-order valence-corrected chi connectivity index (χ3v) is 3.86. The monoisotopic (exact) mass is 325 g/mol. The molecule has 23 heavy (non-hydrogen) atoms. The zero-order chi connectivity index (χ0) is 16.5. The number of nitrogens with one attached hydrogen (secondary N) is 2. The van der Waals surface area contributed by atoms with Gasteiger partial charge in [-0.1, -0.05) is 36.4 Å². The van der Waals surface area contributed by atoms with Crippen molar-refractivity contribution >= 4 is 29.9 Å². The molecule has 2 aromatic carbocycles. The van der Waals surface area contributed by atoms with Crippen LogP contribution in [0.15, 0.2) is 60.7 Å². The van der Waals surface area contributed by atoms with Gasteiger partial charge in [0.15, 0.2) is 0 Å². The van der Waals surface area contributed by atoms with E-state index in [2.05, 4.69) is 29.3 Å². The summed E-state index contributed by atoms with van der Waals surface area (Å²) in [5.41, 5.74) is 1.61. The van der Waals surface area contributed by atoms with Gasteiger partial charge in [-0.2, -0.15) is 17.9 Å². The Morgan fingerprint density at radius 3 is 2.13 bits per heavy atom. The average Bonchev–Trinajstić information content (AvgIpc) is 2.60. The summed E-state index contributed by atoms with van der Waals surface area (Å²) in [6, 6.07) is 20.5. The lowest BCUT2D eigenvalue weighted by Crippen LogP contribution is -2.30. The van der Waals surface area contributed by atoms with E-state index in [1.165, 1.54) is 0 Å². The highest BCUT2D eigenvalue weighted by Gasteiger charge is 2.22. The van der Waals surface area contributed by atoms with E-state index in [0.29, 0.717) is 12.2 Å². The Bertz CT molecular complexity index is 655. The molecule has 0 spiro atoms. The number of nitriles is 1. The number of amides is 1. The maximum Gasteiger partial charge on any atom is 0.228 e. The number of rotatable bonds is 7. The average molecular weight is 325 g/mol. The smallest absolute Gasteiger partial charge is 0.228 e. The van der Waals surface area contributed by atoms with E-state index in [4.69, 9.17) is 0 Å². The number of para-hydroxylation sites is 2. The number of thiol groups is 1. The molecule has 0 bridgehead atoms. The molecule has 0 aliphatic rings. The van der Waals surface area contributed by atoms with Crippen LogP contribution < -0.4 is 10.6 Å². The van der Waals surface area contributed by atoms with E-state index in [9.17, 15) is 10.1 Å². The van der Waals surface area contributed by atoms with Crippen LogP contribution >= 0.6 is 12.6 Å². The number of nitrogens with zero attached hydrogens (tertiary/aromatic N) is 1. The minimum atomic E-state index is -0.448. The molecule has 5 heteroatoms. The zero-order valence-corrected chi connectivity index (χ0v) is 13.5. The molecule has 2 rings (SSSR count). The summed E-state index contributed by atoms with van der Waals surface area (Å²) in [6.07, 6.45) is 0.396. The molecule has 0 aromatic heterocycles. The third kappa shape index (κ3) is 5.35. The number of benzene rings is 2. The Kier molecular flexibility index (Phi) is 6.52. The first-order valence-electron chi connectivity index (χ1n) is 7.41. The van der Waals surface area contributed by atoms with E-state index in [1.54, 1.807) is 0 Å². The molecule has 0 saturated carbocycles. The lowest BCUT2D eigenvalue weighted by molar-refractivity contribution is -0.119. The summed E-state index contributed by atoms with van der Waals surface area (Å²) < 4.78 is 0. The van der Waals surface area contributed by atoms with Crippen molar-refractivity contribution in [2.75, 3.05) is 16.4 Å². The molecule has 4 nitrogen and oxygen atoms in total. The first-order valence-corrected chi connectivity index (χ1v) is 8.04. The SMILES string of the molecule is N#CC(CC(CS)C(=O)Nc1ccccc1)Nc1ccccc1. The van der Waals surface area contributed by atoms with Crippen LogP contribution in [0.2, 0.25) is 0 Å². The molecule has 2 N–H and O–H groups in total. The molecule has 0 aliphatic heterocycles. The van der Waals surface area contributed by atoms with Crippen molar-refractivity contribution in [2.24, 2.45) is 5.92 Å². The van der Waals surface area contributed by atoms with Crippen molar-refractivity contribution in [1.29, 1.82) is 5.26 Å². The molecule has 1 amide bonds. The minimum Gasteiger partial charge on any atom is -0.370 e. The van der Waals surface area contributed by atoms with Crippen molar-refractivity contribution < 1.29 is 4.79 Å². The number of hydrogen-bond acceptors (Lipinski definition) is 4. The second kappa shape index (κ2) is 8.86. The maximum absolute atomic E-state index is 12.4. The quantitative estimate of drug-likeness (QED) is 0.682. The Morgan fingerprint density at radius 1 is 1.04 bits per heavy atom. The third-order valence-electron chi connectivity index (χ3n) is 3.42. The van der Waals surface area contributed by atoms with Gasteiger partial charge < -0.3 is 10.6 Å². The van der Waals surface area contributed by atoms with Gasteiger partial charge in [0, 0.05) is 17.1 Å². The van der Waals surface area contributed by atoms with Gasteiger partial charge in [0.2, 0.25) is 5.91 Å². The van der Waals surface area contributed by atoms with Crippen LogP contribution in [0.4, 0.5) is 11.4 Å². The van der Waals surface area contributed by atoms with Gasteiger partial charge in [0.25, 0.3) is 0 Å². The molecular weight excluding hydrogens is 306 g/mol. The first-order chi connectivity index (χ1) is 11.2. The normalized spacial score (nSPS) is 12.7. The van der Waals surface area contributed by atoms with Gasteiger partial charge in [-0.05, 0) is 30.7 Å². The van der Waals surface area contributed by atoms with Crippen LogP contribution in [0, 0.1) is 17.2 Å². The van der Waals surface area contributed by atoms with Crippen molar-refractivity contribution in [1.82, 2.24) is 0 Å². The summed E-state index contributed by atoms with van der Waals surface area (Å²) in [4.78, 5) is 12.4. The van der Waals surface area contributed by atoms with Crippen LogP contribution in [0.1, 0.15) is 6.42 Å². The fraction of sp³-hybridized carbons (Fsp3) is 0.222.